The smallest absolute Gasteiger partial charge is 0.125 e. The molecular weight excluding hydrogens is 192 g/mol. The number of hydrogen-bond acceptors (Lipinski definition) is 4. The second kappa shape index (κ2) is 3.96. The molecule has 0 aliphatic rings. The van der Waals surface area contributed by atoms with Crippen molar-refractivity contribution in [2.24, 2.45) is 5.16 Å². The van der Waals surface area contributed by atoms with Crippen LogP contribution in [0, 0.1) is 0 Å². The Morgan fingerprint density at radius 1 is 1.40 bits per heavy atom. The summed E-state index contributed by atoms with van der Waals surface area (Å²) in [7, 11) is 1.46. The van der Waals surface area contributed by atoms with Crippen molar-refractivity contribution in [3.05, 3.63) is 36.2 Å². The van der Waals surface area contributed by atoms with Crippen LogP contribution in [0.3, 0.4) is 0 Å². The van der Waals surface area contributed by atoms with Crippen LogP contribution in [0.2, 0.25) is 0 Å². The fourth-order valence-electron chi connectivity index (χ4n) is 1.42. The summed E-state index contributed by atoms with van der Waals surface area (Å²) in [5.41, 5.74) is 0.636. The van der Waals surface area contributed by atoms with Crippen LogP contribution < -0.4 is 0 Å². The SMILES string of the molecule is CON=Cc1c(O)ccc2cnccc12. The minimum Gasteiger partial charge on any atom is -0.507 e. The van der Waals surface area contributed by atoms with Crippen molar-refractivity contribution in [1.29, 1.82) is 0 Å². The van der Waals surface area contributed by atoms with Gasteiger partial charge in [-0.2, -0.15) is 0 Å². The van der Waals surface area contributed by atoms with Gasteiger partial charge in [0.05, 0.1) is 6.21 Å². The molecule has 15 heavy (non-hydrogen) atoms. The maximum absolute atomic E-state index is 9.67. The Bertz CT molecular complexity index is 509. The van der Waals surface area contributed by atoms with E-state index in [4.69, 9.17) is 0 Å². The summed E-state index contributed by atoms with van der Waals surface area (Å²) in [4.78, 5) is 8.60. The van der Waals surface area contributed by atoms with E-state index in [2.05, 4.69) is 15.0 Å². The number of aromatic hydroxyl groups is 1. The lowest BCUT2D eigenvalue weighted by atomic mass is 10.1. The van der Waals surface area contributed by atoms with Gasteiger partial charge in [0.15, 0.2) is 0 Å². The van der Waals surface area contributed by atoms with Gasteiger partial charge in [-0.3, -0.25) is 4.98 Å². The van der Waals surface area contributed by atoms with Crippen LogP contribution in [-0.2, 0) is 4.84 Å². The Morgan fingerprint density at radius 3 is 3.07 bits per heavy atom. The van der Waals surface area contributed by atoms with Crippen LogP contribution in [0.1, 0.15) is 5.56 Å². The van der Waals surface area contributed by atoms with Crippen molar-refractivity contribution >= 4 is 17.0 Å². The fraction of sp³-hybridized carbons (Fsp3) is 0.0909. The molecule has 0 amide bonds. The molecular formula is C11H10N2O2. The van der Waals surface area contributed by atoms with E-state index in [1.54, 1.807) is 18.5 Å². The highest BCUT2D eigenvalue weighted by Crippen LogP contribution is 2.24. The molecule has 4 nitrogen and oxygen atoms in total. The van der Waals surface area contributed by atoms with Crippen LogP contribution in [-0.4, -0.2) is 23.4 Å². The number of benzene rings is 1. The topological polar surface area (TPSA) is 54.7 Å². The predicted molar refractivity (Wildman–Crippen MR) is 58.0 cm³/mol. The quantitative estimate of drug-likeness (QED) is 0.598. The third kappa shape index (κ3) is 1.74. The highest BCUT2D eigenvalue weighted by atomic mass is 16.6. The van der Waals surface area contributed by atoms with Crippen molar-refractivity contribution < 1.29 is 9.94 Å². The van der Waals surface area contributed by atoms with E-state index >= 15 is 0 Å². The van der Waals surface area contributed by atoms with Gasteiger partial charge in [-0.15, -0.1) is 0 Å². The van der Waals surface area contributed by atoms with Crippen molar-refractivity contribution in [2.75, 3.05) is 7.11 Å². The Kier molecular flexibility index (Phi) is 2.49. The third-order valence-corrected chi connectivity index (χ3v) is 2.13. The summed E-state index contributed by atoms with van der Waals surface area (Å²) in [6.45, 7) is 0. The number of hydrogen-bond donors (Lipinski definition) is 1. The van der Waals surface area contributed by atoms with Gasteiger partial charge in [0.25, 0.3) is 0 Å². The average molecular weight is 202 g/mol. The van der Waals surface area contributed by atoms with Gasteiger partial charge in [0.1, 0.15) is 12.9 Å². The zero-order valence-corrected chi connectivity index (χ0v) is 8.21. The Labute approximate surface area is 86.8 Å². The first-order valence-electron chi connectivity index (χ1n) is 4.45. The maximum Gasteiger partial charge on any atom is 0.125 e. The summed E-state index contributed by atoms with van der Waals surface area (Å²) >= 11 is 0. The number of phenolic OH excluding ortho intramolecular Hbond substituents is 1. The second-order valence-corrected chi connectivity index (χ2v) is 3.01. The molecule has 1 heterocycles. The number of nitrogens with zero attached hydrogens (tertiary/aromatic N) is 2. The molecule has 76 valence electrons. The largest absolute Gasteiger partial charge is 0.507 e. The monoisotopic (exact) mass is 202 g/mol. The summed E-state index contributed by atoms with van der Waals surface area (Å²) < 4.78 is 0. The second-order valence-electron chi connectivity index (χ2n) is 3.01. The van der Waals surface area contributed by atoms with E-state index in [0.717, 1.165) is 10.8 Å². The molecule has 1 aromatic carbocycles. The molecule has 0 atom stereocenters. The molecule has 0 saturated carbocycles. The van der Waals surface area contributed by atoms with Crippen LogP contribution >= 0.6 is 0 Å². The van der Waals surface area contributed by atoms with Gasteiger partial charge in [-0.05, 0) is 23.6 Å². The van der Waals surface area contributed by atoms with Crippen LogP contribution in [0.4, 0.5) is 0 Å². The fourth-order valence-corrected chi connectivity index (χ4v) is 1.42. The third-order valence-electron chi connectivity index (χ3n) is 2.13. The van der Waals surface area contributed by atoms with Gasteiger partial charge in [0, 0.05) is 23.3 Å². The van der Waals surface area contributed by atoms with E-state index in [1.165, 1.54) is 13.3 Å². The molecule has 0 aliphatic heterocycles. The summed E-state index contributed by atoms with van der Waals surface area (Å²) in [5.74, 6) is 0.175. The van der Waals surface area contributed by atoms with Crippen molar-refractivity contribution in [3.63, 3.8) is 0 Å². The van der Waals surface area contributed by atoms with E-state index in [9.17, 15) is 5.11 Å². The Hall–Kier alpha value is -2.10. The lowest BCUT2D eigenvalue weighted by Crippen LogP contribution is -1.87. The van der Waals surface area contributed by atoms with E-state index in [-0.39, 0.29) is 5.75 Å². The van der Waals surface area contributed by atoms with Gasteiger partial charge < -0.3 is 9.94 Å². The number of oxime groups is 1. The molecule has 4 heteroatoms. The van der Waals surface area contributed by atoms with Crippen molar-refractivity contribution in [3.8, 4) is 5.75 Å². The Morgan fingerprint density at radius 2 is 2.27 bits per heavy atom. The molecule has 0 aliphatic carbocycles. The minimum atomic E-state index is 0.175. The number of fused-ring (bicyclic) bond motifs is 1. The first kappa shape index (κ1) is 9.45. The van der Waals surface area contributed by atoms with E-state index in [1.807, 2.05) is 12.1 Å². The van der Waals surface area contributed by atoms with Crippen LogP contribution in [0.25, 0.3) is 10.8 Å². The standard InChI is InChI=1S/C11H10N2O2/c1-15-13-7-10-9-4-5-12-6-8(9)2-3-11(10)14/h2-7,14H,1H3. The summed E-state index contributed by atoms with van der Waals surface area (Å²) in [6.07, 6.45) is 4.89. The van der Waals surface area contributed by atoms with Gasteiger partial charge in [0.2, 0.25) is 0 Å². The number of phenols is 1. The lowest BCUT2D eigenvalue weighted by Gasteiger charge is -2.03. The van der Waals surface area contributed by atoms with Gasteiger partial charge >= 0.3 is 0 Å². The molecule has 1 N–H and O–H groups in total. The maximum atomic E-state index is 9.67. The van der Waals surface area contributed by atoms with Crippen molar-refractivity contribution in [2.45, 2.75) is 0 Å². The molecule has 0 bridgehead atoms. The zero-order valence-electron chi connectivity index (χ0n) is 8.21. The first-order chi connectivity index (χ1) is 7.33. The first-order valence-corrected chi connectivity index (χ1v) is 4.45. The van der Waals surface area contributed by atoms with E-state index < -0.39 is 0 Å². The number of rotatable bonds is 2. The van der Waals surface area contributed by atoms with E-state index in [0.29, 0.717) is 5.56 Å². The molecule has 0 saturated heterocycles. The molecule has 2 rings (SSSR count). The molecule has 0 fully saturated rings. The van der Waals surface area contributed by atoms with Crippen LogP contribution in [0.15, 0.2) is 35.7 Å². The molecule has 0 unspecified atom stereocenters. The zero-order chi connectivity index (χ0) is 10.7. The summed E-state index contributed by atoms with van der Waals surface area (Å²) in [5, 5.41) is 15.2. The Balaban J connectivity index is 2.68. The molecule has 0 radical (unpaired) electrons. The van der Waals surface area contributed by atoms with Crippen molar-refractivity contribution in [1.82, 2.24) is 4.98 Å². The number of aromatic nitrogens is 1. The lowest BCUT2D eigenvalue weighted by molar-refractivity contribution is 0.215. The van der Waals surface area contributed by atoms with Gasteiger partial charge in [-0.25, -0.2) is 0 Å². The number of pyridine rings is 1. The summed E-state index contributed by atoms with van der Waals surface area (Å²) in [6, 6.07) is 5.24. The highest BCUT2D eigenvalue weighted by molar-refractivity contribution is 6.01. The average Bonchev–Trinajstić information content (AvgIpc) is 2.28. The van der Waals surface area contributed by atoms with Crippen LogP contribution in [0.5, 0.6) is 5.75 Å². The highest BCUT2D eigenvalue weighted by Gasteiger charge is 2.04. The molecule has 2 aromatic rings. The normalized spacial score (nSPS) is 11.0. The molecule has 0 spiro atoms. The van der Waals surface area contributed by atoms with Gasteiger partial charge in [-0.1, -0.05) is 5.16 Å². The minimum absolute atomic E-state index is 0.175. The molecule has 1 aromatic heterocycles. The predicted octanol–water partition coefficient (Wildman–Crippen LogP) is 1.92.